The van der Waals surface area contributed by atoms with Gasteiger partial charge in [-0.25, -0.2) is 9.31 Å². The minimum atomic E-state index is -0.436. The first kappa shape index (κ1) is 19.8. The number of nitrogens with zero attached hydrogens (tertiary/aromatic N) is 2. The van der Waals surface area contributed by atoms with Crippen molar-refractivity contribution in [2.24, 2.45) is 0 Å². The molecule has 0 unspecified atom stereocenters. The minimum Gasteiger partial charge on any atom is -0.462 e. The van der Waals surface area contributed by atoms with Crippen LogP contribution in [0.1, 0.15) is 48.2 Å². The summed E-state index contributed by atoms with van der Waals surface area (Å²) in [5, 5.41) is 8.46. The Morgan fingerprint density at radius 2 is 2.16 bits per heavy atom. The summed E-state index contributed by atoms with van der Waals surface area (Å²) in [6.07, 6.45) is 4.50. The molecule has 0 aromatic carbocycles. The van der Waals surface area contributed by atoms with Crippen molar-refractivity contribution in [3.63, 3.8) is 0 Å². The maximum Gasteiger partial charge on any atom is 0.344 e. The Morgan fingerprint density at radius 1 is 1.44 bits per heavy atom. The van der Waals surface area contributed by atoms with Gasteiger partial charge in [-0.3, -0.25) is 4.79 Å². The van der Waals surface area contributed by atoms with Crippen LogP contribution in [0.4, 0.5) is 0 Å². The van der Waals surface area contributed by atoms with Crippen LogP contribution >= 0.6 is 24.2 Å². The highest BCUT2D eigenvalue weighted by Gasteiger charge is 2.26. The van der Waals surface area contributed by atoms with Gasteiger partial charge >= 0.3 is 5.97 Å². The van der Waals surface area contributed by atoms with E-state index in [-0.39, 0.29) is 23.9 Å². The average Bonchev–Trinajstić information content (AvgIpc) is 2.98. The summed E-state index contributed by atoms with van der Waals surface area (Å²) in [7, 11) is 0. The van der Waals surface area contributed by atoms with Gasteiger partial charge in [0, 0.05) is 12.0 Å². The molecule has 3 heterocycles. The van der Waals surface area contributed by atoms with Gasteiger partial charge in [0.2, 0.25) is 0 Å². The molecular weight excluding hydrogens is 364 g/mol. The van der Waals surface area contributed by atoms with Crippen molar-refractivity contribution in [2.45, 2.75) is 37.1 Å². The Morgan fingerprint density at radius 3 is 2.80 bits per heavy atom. The second-order valence-corrected chi connectivity index (χ2v) is 6.66. The van der Waals surface area contributed by atoms with Gasteiger partial charge in [-0.15, -0.1) is 24.2 Å². The van der Waals surface area contributed by atoms with Crippen LogP contribution in [0.3, 0.4) is 0 Å². The molecule has 1 saturated heterocycles. The molecule has 1 aliphatic heterocycles. The monoisotopic (exact) mass is 386 g/mol. The zero-order valence-electron chi connectivity index (χ0n) is 14.3. The molecule has 2 aromatic heterocycles. The summed E-state index contributed by atoms with van der Waals surface area (Å²) in [5.41, 5.74) is 1.43. The van der Waals surface area contributed by atoms with E-state index >= 15 is 0 Å². The van der Waals surface area contributed by atoms with E-state index in [4.69, 9.17) is 4.74 Å². The zero-order valence-corrected chi connectivity index (χ0v) is 16.0. The summed E-state index contributed by atoms with van der Waals surface area (Å²) < 4.78 is 6.99. The third kappa shape index (κ3) is 4.02. The lowest BCUT2D eigenvalue weighted by molar-refractivity contribution is 0.0503. The molecule has 9 heteroatoms. The summed E-state index contributed by atoms with van der Waals surface area (Å²) in [6, 6.07) is 1.60. The normalized spacial score (nSPS) is 15.1. The maximum absolute atomic E-state index is 12.4. The highest BCUT2D eigenvalue weighted by Crippen LogP contribution is 2.28. The standard InChI is InChI=1S/C16H22N4O3S.ClH/c1-3-8-23-16(22)13-14-18-12(21)9-11(10-4-6-17-7-5-10)20(14)19-15(13)24-2;/h9-10,17H,3-8H2,1-2H3,(H,18,21);1H. The molecule has 7 nitrogen and oxygen atoms in total. The summed E-state index contributed by atoms with van der Waals surface area (Å²) in [5.74, 6) is -0.181. The Balaban J connectivity index is 0.00000225. The first-order valence-electron chi connectivity index (χ1n) is 8.23. The van der Waals surface area contributed by atoms with Gasteiger partial charge in [-0.1, -0.05) is 6.92 Å². The van der Waals surface area contributed by atoms with E-state index in [0.29, 0.717) is 22.8 Å². The smallest absolute Gasteiger partial charge is 0.344 e. The fourth-order valence-electron chi connectivity index (χ4n) is 3.05. The third-order valence-electron chi connectivity index (χ3n) is 4.21. The van der Waals surface area contributed by atoms with Crippen LogP contribution in [0.25, 0.3) is 5.65 Å². The van der Waals surface area contributed by atoms with E-state index in [2.05, 4.69) is 15.4 Å². The predicted molar refractivity (Wildman–Crippen MR) is 100 cm³/mol. The number of rotatable bonds is 5. The fraction of sp³-hybridized carbons (Fsp3) is 0.562. The molecule has 3 rings (SSSR count). The molecule has 0 atom stereocenters. The molecule has 0 radical (unpaired) electrons. The number of piperidine rings is 1. The minimum absolute atomic E-state index is 0. The summed E-state index contributed by atoms with van der Waals surface area (Å²) in [6.45, 7) is 4.13. The average molecular weight is 387 g/mol. The Kier molecular flexibility index (Phi) is 6.92. The van der Waals surface area contributed by atoms with Gasteiger partial charge in [-0.05, 0) is 38.6 Å². The van der Waals surface area contributed by atoms with Gasteiger partial charge in [-0.2, -0.15) is 5.10 Å². The Bertz CT molecular complexity index is 799. The highest BCUT2D eigenvalue weighted by atomic mass is 35.5. The quantitative estimate of drug-likeness (QED) is 0.605. The Hall–Kier alpha value is -1.51. The van der Waals surface area contributed by atoms with Crippen LogP contribution in [0.15, 0.2) is 15.9 Å². The van der Waals surface area contributed by atoms with Crippen molar-refractivity contribution in [1.29, 1.82) is 0 Å². The molecule has 1 aliphatic rings. The lowest BCUT2D eigenvalue weighted by atomic mass is 9.94. The molecular formula is C16H23ClN4O3S. The molecule has 1 fully saturated rings. The molecule has 2 N–H and O–H groups in total. The lowest BCUT2D eigenvalue weighted by Gasteiger charge is -2.23. The van der Waals surface area contributed by atoms with Crippen molar-refractivity contribution in [3.8, 4) is 0 Å². The molecule has 138 valence electrons. The largest absolute Gasteiger partial charge is 0.462 e. The van der Waals surface area contributed by atoms with E-state index < -0.39 is 5.97 Å². The number of thioether (sulfide) groups is 1. The van der Waals surface area contributed by atoms with Crippen LogP contribution < -0.4 is 10.9 Å². The van der Waals surface area contributed by atoms with Gasteiger partial charge < -0.3 is 15.0 Å². The number of nitrogens with one attached hydrogen (secondary N) is 2. The number of carbonyl (C=O) groups is 1. The van der Waals surface area contributed by atoms with E-state index in [1.165, 1.54) is 11.8 Å². The predicted octanol–water partition coefficient (Wildman–Crippen LogP) is 2.20. The molecule has 2 aromatic rings. The number of esters is 1. The number of fused-ring (bicyclic) bond motifs is 1. The molecule has 0 bridgehead atoms. The van der Waals surface area contributed by atoms with Crippen LogP contribution in [-0.4, -0.2) is 46.5 Å². The third-order valence-corrected chi connectivity index (χ3v) is 4.88. The van der Waals surface area contributed by atoms with E-state index in [1.54, 1.807) is 10.6 Å². The highest BCUT2D eigenvalue weighted by molar-refractivity contribution is 7.98. The van der Waals surface area contributed by atoms with Crippen LogP contribution in [-0.2, 0) is 4.74 Å². The summed E-state index contributed by atoms with van der Waals surface area (Å²) >= 11 is 1.38. The van der Waals surface area contributed by atoms with E-state index in [0.717, 1.165) is 38.0 Å². The topological polar surface area (TPSA) is 88.5 Å². The van der Waals surface area contributed by atoms with E-state index in [1.807, 2.05) is 13.2 Å². The van der Waals surface area contributed by atoms with Gasteiger partial charge in [0.1, 0.15) is 10.6 Å². The van der Waals surface area contributed by atoms with E-state index in [9.17, 15) is 9.59 Å². The molecule has 0 amide bonds. The second kappa shape index (κ2) is 8.73. The number of carbonyl (C=O) groups excluding carboxylic acids is 1. The number of halogens is 1. The summed E-state index contributed by atoms with van der Waals surface area (Å²) in [4.78, 5) is 27.4. The number of H-pyrrole nitrogens is 1. The molecule has 0 spiro atoms. The number of aromatic amines is 1. The molecule has 0 saturated carbocycles. The van der Waals surface area contributed by atoms with Crippen LogP contribution in [0.5, 0.6) is 0 Å². The zero-order chi connectivity index (χ0) is 17.1. The number of aromatic nitrogens is 3. The van der Waals surface area contributed by atoms with Crippen molar-refractivity contribution >= 4 is 35.8 Å². The lowest BCUT2D eigenvalue weighted by Crippen LogP contribution is -2.28. The van der Waals surface area contributed by atoms with Gasteiger partial charge in [0.25, 0.3) is 5.56 Å². The first-order chi connectivity index (χ1) is 11.7. The SMILES string of the molecule is CCCOC(=O)c1c(SC)nn2c(C3CCNCC3)cc(=O)[nH]c12.Cl. The molecule has 25 heavy (non-hydrogen) atoms. The van der Waals surface area contributed by atoms with Crippen molar-refractivity contribution in [1.82, 2.24) is 19.9 Å². The number of hydrogen-bond acceptors (Lipinski definition) is 6. The van der Waals surface area contributed by atoms with Gasteiger partial charge in [0.15, 0.2) is 5.65 Å². The number of ether oxygens (including phenoxy) is 1. The van der Waals surface area contributed by atoms with Crippen molar-refractivity contribution in [2.75, 3.05) is 26.0 Å². The van der Waals surface area contributed by atoms with Crippen molar-refractivity contribution in [3.05, 3.63) is 27.7 Å². The second-order valence-electron chi connectivity index (χ2n) is 5.86. The van der Waals surface area contributed by atoms with Crippen LogP contribution in [0, 0.1) is 0 Å². The fourth-order valence-corrected chi connectivity index (χ4v) is 3.60. The van der Waals surface area contributed by atoms with Crippen molar-refractivity contribution < 1.29 is 9.53 Å². The number of hydrogen-bond donors (Lipinski definition) is 2. The Labute approximate surface area is 156 Å². The maximum atomic E-state index is 12.4. The van der Waals surface area contributed by atoms with Crippen LogP contribution in [0.2, 0.25) is 0 Å². The van der Waals surface area contributed by atoms with Gasteiger partial charge in [0.05, 0.1) is 12.3 Å². The first-order valence-corrected chi connectivity index (χ1v) is 9.46. The molecule has 0 aliphatic carbocycles.